The van der Waals surface area contributed by atoms with Crippen molar-refractivity contribution in [2.24, 2.45) is 0 Å². The van der Waals surface area contributed by atoms with Crippen molar-refractivity contribution in [3.05, 3.63) is 33.1 Å². The van der Waals surface area contributed by atoms with Gasteiger partial charge in [-0.15, -0.1) is 12.4 Å². The van der Waals surface area contributed by atoms with Gasteiger partial charge in [0.1, 0.15) is 0 Å². The van der Waals surface area contributed by atoms with Crippen LogP contribution < -0.4 is 11.2 Å². The second-order valence-electron chi connectivity index (χ2n) is 1.30. The van der Waals surface area contributed by atoms with Gasteiger partial charge < -0.3 is 4.98 Å². The molecule has 0 radical (unpaired) electrons. The zero-order valence-corrected chi connectivity index (χ0v) is 5.20. The fourth-order valence-corrected chi connectivity index (χ4v) is 0.383. The molecule has 1 aromatic rings. The van der Waals surface area contributed by atoms with Crippen LogP contribution in [0.1, 0.15) is 0 Å². The van der Waals surface area contributed by atoms with Crippen molar-refractivity contribution < 1.29 is 0 Å². The highest BCUT2D eigenvalue weighted by Crippen LogP contribution is 1.51. The lowest BCUT2D eigenvalue weighted by molar-refractivity contribution is 1.04. The third-order valence-corrected chi connectivity index (χ3v) is 0.686. The number of hydrogen-bond donors (Lipinski definition) is 2. The summed E-state index contributed by atoms with van der Waals surface area (Å²) in [5.74, 6) is 0. The van der Waals surface area contributed by atoms with Crippen molar-refractivity contribution in [3.63, 3.8) is 0 Å². The summed E-state index contributed by atoms with van der Waals surface area (Å²) in [5, 5.41) is 0. The Morgan fingerprint density at radius 2 is 2.00 bits per heavy atom. The van der Waals surface area contributed by atoms with Crippen LogP contribution in [0.5, 0.6) is 0 Å². The minimum Gasteiger partial charge on any atom is -0.314 e. The smallest absolute Gasteiger partial charge is 0.314 e. The molecule has 0 bridgehead atoms. The highest BCUT2D eigenvalue weighted by Gasteiger charge is 1.77. The fraction of sp³-hybridized carbons (Fsp3) is 0. The molecule has 5 heteroatoms. The third kappa shape index (κ3) is 2.14. The zero-order chi connectivity index (χ0) is 5.98. The van der Waals surface area contributed by atoms with Crippen LogP contribution in [-0.4, -0.2) is 9.97 Å². The van der Waals surface area contributed by atoms with Crippen molar-refractivity contribution in [1.82, 2.24) is 9.97 Å². The molecule has 0 spiro atoms. The third-order valence-electron chi connectivity index (χ3n) is 0.686. The van der Waals surface area contributed by atoms with Gasteiger partial charge in [-0.2, -0.15) is 0 Å². The normalized spacial score (nSPS) is 8.00. The van der Waals surface area contributed by atoms with E-state index < -0.39 is 5.69 Å². The average Bonchev–Trinajstić information content (AvgIpc) is 1.64. The van der Waals surface area contributed by atoms with Crippen LogP contribution in [-0.2, 0) is 0 Å². The van der Waals surface area contributed by atoms with Crippen LogP contribution in [0.4, 0.5) is 0 Å². The molecule has 0 aliphatic heterocycles. The SMILES string of the molecule is Cl.O=c1cc[nH]c(=O)[nH]1. The van der Waals surface area contributed by atoms with Gasteiger partial charge in [-0.1, -0.05) is 0 Å². The summed E-state index contributed by atoms with van der Waals surface area (Å²) in [6.45, 7) is 0. The van der Waals surface area contributed by atoms with Gasteiger partial charge in [-0.25, -0.2) is 4.79 Å². The Bertz CT molecular complexity index is 251. The highest BCUT2D eigenvalue weighted by molar-refractivity contribution is 5.85. The number of halogens is 1. The van der Waals surface area contributed by atoms with E-state index in [2.05, 4.69) is 4.98 Å². The summed E-state index contributed by atoms with van der Waals surface area (Å²) >= 11 is 0. The summed E-state index contributed by atoms with van der Waals surface area (Å²) in [6.07, 6.45) is 1.29. The Labute approximate surface area is 56.3 Å². The Hall–Kier alpha value is -1.03. The number of rotatable bonds is 0. The molecule has 0 atom stereocenters. The van der Waals surface area contributed by atoms with Gasteiger partial charge in [-0.05, 0) is 0 Å². The lowest BCUT2D eigenvalue weighted by Gasteiger charge is -1.75. The van der Waals surface area contributed by atoms with Gasteiger partial charge >= 0.3 is 5.69 Å². The predicted octanol–water partition coefficient (Wildman–Crippen LogP) is -0.515. The molecule has 1 rings (SSSR count). The summed E-state index contributed by atoms with van der Waals surface area (Å²) in [7, 11) is 0. The van der Waals surface area contributed by atoms with E-state index in [9.17, 15) is 9.59 Å². The molecule has 0 aromatic carbocycles. The molecule has 0 aliphatic carbocycles. The van der Waals surface area contributed by atoms with Crippen molar-refractivity contribution in [3.8, 4) is 0 Å². The van der Waals surface area contributed by atoms with Crippen LogP contribution in [0, 0.1) is 0 Å². The first-order valence-corrected chi connectivity index (χ1v) is 2.07. The van der Waals surface area contributed by atoms with Crippen molar-refractivity contribution >= 4 is 12.4 Å². The monoisotopic (exact) mass is 148 g/mol. The second-order valence-corrected chi connectivity index (χ2v) is 1.30. The van der Waals surface area contributed by atoms with Gasteiger partial charge in [0, 0.05) is 12.3 Å². The van der Waals surface area contributed by atoms with Crippen LogP contribution in [0.15, 0.2) is 21.9 Å². The van der Waals surface area contributed by atoms with Crippen molar-refractivity contribution in [1.29, 1.82) is 0 Å². The number of H-pyrrole nitrogens is 2. The molecule has 0 aliphatic rings. The maximum absolute atomic E-state index is 10.2. The molecule has 1 heterocycles. The maximum Gasteiger partial charge on any atom is 0.325 e. The maximum atomic E-state index is 10.2. The van der Waals surface area contributed by atoms with Crippen LogP contribution in [0.25, 0.3) is 0 Å². The summed E-state index contributed by atoms with van der Waals surface area (Å²) < 4.78 is 0. The molecule has 1 aromatic heterocycles. The van der Waals surface area contributed by atoms with E-state index in [1.807, 2.05) is 4.98 Å². The number of nitrogens with one attached hydrogen (secondary N) is 2. The minimum atomic E-state index is -0.475. The largest absolute Gasteiger partial charge is 0.325 e. The molecule has 9 heavy (non-hydrogen) atoms. The quantitative estimate of drug-likeness (QED) is 0.520. The Kier molecular flexibility index (Phi) is 2.73. The number of aromatic nitrogens is 2. The molecule has 50 valence electrons. The minimum absolute atomic E-state index is 0. The summed E-state index contributed by atoms with van der Waals surface area (Å²) in [5.41, 5.74) is -0.855. The second kappa shape index (κ2) is 3.09. The summed E-state index contributed by atoms with van der Waals surface area (Å²) in [4.78, 5) is 24.7. The Morgan fingerprint density at radius 1 is 1.33 bits per heavy atom. The fourth-order valence-electron chi connectivity index (χ4n) is 0.383. The van der Waals surface area contributed by atoms with E-state index in [0.717, 1.165) is 0 Å². The van der Waals surface area contributed by atoms with E-state index in [4.69, 9.17) is 0 Å². The first-order valence-electron chi connectivity index (χ1n) is 2.07. The van der Waals surface area contributed by atoms with Crippen LogP contribution in [0.2, 0.25) is 0 Å². The number of hydrogen-bond acceptors (Lipinski definition) is 2. The molecule has 0 saturated heterocycles. The van der Waals surface area contributed by atoms with Crippen molar-refractivity contribution in [2.75, 3.05) is 0 Å². The average molecular weight is 149 g/mol. The number of aromatic amines is 2. The lowest BCUT2D eigenvalue weighted by Crippen LogP contribution is -2.19. The Morgan fingerprint density at radius 3 is 2.33 bits per heavy atom. The van der Waals surface area contributed by atoms with Gasteiger partial charge in [0.25, 0.3) is 5.56 Å². The first-order chi connectivity index (χ1) is 3.79. The molecular formula is C4H5ClN2O2. The van der Waals surface area contributed by atoms with Gasteiger partial charge in [0.15, 0.2) is 0 Å². The molecule has 0 saturated carbocycles. The van der Waals surface area contributed by atoms with E-state index in [1.54, 1.807) is 0 Å². The van der Waals surface area contributed by atoms with E-state index in [-0.39, 0.29) is 18.0 Å². The van der Waals surface area contributed by atoms with Crippen LogP contribution >= 0.6 is 12.4 Å². The summed E-state index contributed by atoms with van der Waals surface area (Å²) in [6, 6.07) is 1.24. The standard InChI is InChI=1S/C4H4N2O2.ClH/c7-3-1-2-5-4(8)6-3;/h1-2H,(H2,5,6,7,8);1H. The zero-order valence-electron chi connectivity index (χ0n) is 4.38. The predicted molar refractivity (Wildman–Crippen MR) is 34.9 cm³/mol. The molecule has 0 fully saturated rings. The molecule has 2 N–H and O–H groups in total. The van der Waals surface area contributed by atoms with Gasteiger partial charge in [0.2, 0.25) is 0 Å². The lowest BCUT2D eigenvalue weighted by atomic mass is 10.7. The molecule has 0 unspecified atom stereocenters. The van der Waals surface area contributed by atoms with Gasteiger partial charge in [0.05, 0.1) is 0 Å². The van der Waals surface area contributed by atoms with E-state index in [1.165, 1.54) is 12.3 Å². The van der Waals surface area contributed by atoms with Gasteiger partial charge in [-0.3, -0.25) is 9.78 Å². The molecular weight excluding hydrogens is 144 g/mol. The molecule has 0 amide bonds. The van der Waals surface area contributed by atoms with E-state index in [0.29, 0.717) is 0 Å². The topological polar surface area (TPSA) is 65.7 Å². The van der Waals surface area contributed by atoms with E-state index >= 15 is 0 Å². The Balaban J connectivity index is 0.000000640. The first kappa shape index (κ1) is 7.97. The van der Waals surface area contributed by atoms with Crippen molar-refractivity contribution in [2.45, 2.75) is 0 Å². The van der Waals surface area contributed by atoms with Crippen LogP contribution in [0.3, 0.4) is 0 Å². The highest BCUT2D eigenvalue weighted by atomic mass is 35.5. The molecule has 4 nitrogen and oxygen atoms in total.